The summed E-state index contributed by atoms with van der Waals surface area (Å²) in [4.78, 5) is 0. The first-order chi connectivity index (χ1) is 9.10. The van der Waals surface area contributed by atoms with Crippen molar-refractivity contribution in [2.45, 2.75) is 11.8 Å². The van der Waals surface area contributed by atoms with Gasteiger partial charge in [-0.1, -0.05) is 18.2 Å². The fourth-order valence-corrected chi connectivity index (χ4v) is 2.12. The monoisotopic (exact) mass is 282 g/mol. The van der Waals surface area contributed by atoms with E-state index in [4.69, 9.17) is 16.3 Å². The second-order valence-electron chi connectivity index (χ2n) is 4.18. The second kappa shape index (κ2) is 6.02. The molecule has 0 amide bonds. The lowest BCUT2D eigenvalue weighted by molar-refractivity contribution is 0.414. The lowest BCUT2D eigenvalue weighted by Gasteiger charge is -2.11. The Bertz CT molecular complexity index is 555. The molecule has 0 aliphatic heterocycles. The van der Waals surface area contributed by atoms with Crippen LogP contribution in [-0.4, -0.2) is 7.11 Å². The highest BCUT2D eigenvalue weighted by Gasteiger charge is 2.12. The summed E-state index contributed by atoms with van der Waals surface area (Å²) >= 11 is 6.25. The highest BCUT2D eigenvalue weighted by molar-refractivity contribution is 6.20. The standard InChI is InChI=1S/C15H13ClF2O/c1-19-13-6-3-10(4-7-13)14(16)8-11-2-5-12(17)9-15(11)18/h2-7,9,14H,8H2,1H3. The zero-order chi connectivity index (χ0) is 13.8. The van der Waals surface area contributed by atoms with Crippen LogP contribution in [0.5, 0.6) is 5.75 Å². The van der Waals surface area contributed by atoms with Crippen LogP contribution in [0.15, 0.2) is 42.5 Å². The van der Waals surface area contributed by atoms with Gasteiger partial charge in [0.2, 0.25) is 0 Å². The van der Waals surface area contributed by atoms with Crippen molar-refractivity contribution in [3.63, 3.8) is 0 Å². The lowest BCUT2D eigenvalue weighted by atomic mass is 10.0. The number of alkyl halides is 1. The van der Waals surface area contributed by atoms with Crippen molar-refractivity contribution in [1.29, 1.82) is 0 Å². The van der Waals surface area contributed by atoms with E-state index >= 15 is 0 Å². The molecule has 1 atom stereocenters. The van der Waals surface area contributed by atoms with Crippen molar-refractivity contribution in [2.24, 2.45) is 0 Å². The molecule has 0 spiro atoms. The predicted octanol–water partition coefficient (Wildman–Crippen LogP) is 4.50. The normalized spacial score (nSPS) is 12.2. The molecule has 2 rings (SSSR count). The van der Waals surface area contributed by atoms with Gasteiger partial charge in [0.05, 0.1) is 12.5 Å². The van der Waals surface area contributed by atoms with Crippen molar-refractivity contribution in [2.75, 3.05) is 7.11 Å². The quantitative estimate of drug-likeness (QED) is 0.751. The van der Waals surface area contributed by atoms with E-state index in [1.165, 1.54) is 12.1 Å². The molecule has 1 unspecified atom stereocenters. The third kappa shape index (κ3) is 3.44. The van der Waals surface area contributed by atoms with Crippen LogP contribution in [0.1, 0.15) is 16.5 Å². The van der Waals surface area contributed by atoms with E-state index in [0.717, 1.165) is 17.4 Å². The van der Waals surface area contributed by atoms with Gasteiger partial charge < -0.3 is 4.74 Å². The Hall–Kier alpha value is -1.61. The Morgan fingerprint density at radius 2 is 1.79 bits per heavy atom. The molecule has 0 radical (unpaired) electrons. The van der Waals surface area contributed by atoms with Gasteiger partial charge >= 0.3 is 0 Å². The van der Waals surface area contributed by atoms with Gasteiger partial charge in [0, 0.05) is 6.07 Å². The van der Waals surface area contributed by atoms with E-state index in [1.807, 2.05) is 12.1 Å². The predicted molar refractivity (Wildman–Crippen MR) is 71.7 cm³/mol. The summed E-state index contributed by atoms with van der Waals surface area (Å²) in [6.45, 7) is 0. The fraction of sp³-hybridized carbons (Fsp3) is 0.200. The van der Waals surface area contributed by atoms with Crippen LogP contribution in [0, 0.1) is 11.6 Å². The number of ether oxygens (including phenoxy) is 1. The smallest absolute Gasteiger partial charge is 0.129 e. The van der Waals surface area contributed by atoms with Crippen LogP contribution in [0.2, 0.25) is 0 Å². The summed E-state index contributed by atoms with van der Waals surface area (Å²) in [5, 5.41) is -0.370. The maximum absolute atomic E-state index is 13.5. The third-order valence-electron chi connectivity index (χ3n) is 2.89. The molecule has 0 saturated carbocycles. The topological polar surface area (TPSA) is 9.23 Å². The molecule has 19 heavy (non-hydrogen) atoms. The number of hydrogen-bond acceptors (Lipinski definition) is 1. The minimum absolute atomic E-state index is 0.306. The average molecular weight is 283 g/mol. The van der Waals surface area contributed by atoms with Crippen molar-refractivity contribution >= 4 is 11.6 Å². The van der Waals surface area contributed by atoms with Gasteiger partial charge in [0.15, 0.2) is 0 Å². The summed E-state index contributed by atoms with van der Waals surface area (Å²) < 4.78 is 31.4. The Balaban J connectivity index is 2.13. The zero-order valence-corrected chi connectivity index (χ0v) is 11.1. The maximum Gasteiger partial charge on any atom is 0.129 e. The number of rotatable bonds is 4. The molecule has 2 aromatic rings. The molecule has 0 aromatic heterocycles. The van der Waals surface area contributed by atoms with E-state index in [2.05, 4.69) is 0 Å². The zero-order valence-electron chi connectivity index (χ0n) is 10.4. The van der Waals surface area contributed by atoms with Gasteiger partial charge in [0.1, 0.15) is 17.4 Å². The first kappa shape index (κ1) is 13.8. The number of benzene rings is 2. The Kier molecular flexibility index (Phi) is 4.38. The molecule has 0 aliphatic carbocycles. The van der Waals surface area contributed by atoms with Gasteiger partial charge in [-0.05, 0) is 35.7 Å². The van der Waals surface area contributed by atoms with E-state index in [9.17, 15) is 8.78 Å². The van der Waals surface area contributed by atoms with E-state index in [-0.39, 0.29) is 5.38 Å². The first-order valence-corrected chi connectivity index (χ1v) is 6.25. The molecule has 0 aliphatic rings. The largest absolute Gasteiger partial charge is 0.497 e. The Morgan fingerprint density at radius 3 is 2.37 bits per heavy atom. The molecule has 2 aromatic carbocycles. The molecule has 0 bridgehead atoms. The van der Waals surface area contributed by atoms with Crippen LogP contribution < -0.4 is 4.74 Å². The second-order valence-corrected chi connectivity index (χ2v) is 4.71. The molecule has 0 N–H and O–H groups in total. The van der Waals surface area contributed by atoms with E-state index in [1.54, 1.807) is 19.2 Å². The lowest BCUT2D eigenvalue weighted by Crippen LogP contribution is -1.99. The minimum Gasteiger partial charge on any atom is -0.497 e. The summed E-state index contributed by atoms with van der Waals surface area (Å²) in [7, 11) is 1.58. The molecule has 0 heterocycles. The minimum atomic E-state index is -0.586. The van der Waals surface area contributed by atoms with Crippen LogP contribution in [0.25, 0.3) is 0 Å². The van der Waals surface area contributed by atoms with Gasteiger partial charge in [-0.15, -0.1) is 11.6 Å². The summed E-state index contributed by atoms with van der Waals surface area (Å²) in [5.74, 6) is -0.420. The van der Waals surface area contributed by atoms with Gasteiger partial charge in [0.25, 0.3) is 0 Å². The summed E-state index contributed by atoms with van der Waals surface area (Å²) in [5.41, 5.74) is 1.27. The molecular formula is C15H13ClF2O. The molecule has 4 heteroatoms. The Morgan fingerprint density at radius 1 is 1.11 bits per heavy atom. The van der Waals surface area contributed by atoms with Gasteiger partial charge in [-0.2, -0.15) is 0 Å². The first-order valence-electron chi connectivity index (χ1n) is 5.82. The average Bonchev–Trinajstić information content (AvgIpc) is 2.42. The number of methoxy groups -OCH3 is 1. The molecule has 1 nitrogen and oxygen atoms in total. The van der Waals surface area contributed by atoms with Gasteiger partial charge in [-0.3, -0.25) is 0 Å². The summed E-state index contributed by atoms with van der Waals surface area (Å²) in [6, 6.07) is 10.8. The van der Waals surface area contributed by atoms with Crippen molar-refractivity contribution in [3.8, 4) is 5.75 Å². The van der Waals surface area contributed by atoms with Crippen molar-refractivity contribution < 1.29 is 13.5 Å². The number of halogens is 3. The number of hydrogen-bond donors (Lipinski definition) is 0. The van der Waals surface area contributed by atoms with Crippen LogP contribution in [0.3, 0.4) is 0 Å². The van der Waals surface area contributed by atoms with Gasteiger partial charge in [-0.25, -0.2) is 8.78 Å². The fourth-order valence-electron chi connectivity index (χ4n) is 1.81. The van der Waals surface area contributed by atoms with Crippen LogP contribution in [0.4, 0.5) is 8.78 Å². The van der Waals surface area contributed by atoms with Crippen LogP contribution in [-0.2, 0) is 6.42 Å². The van der Waals surface area contributed by atoms with E-state index in [0.29, 0.717) is 12.0 Å². The van der Waals surface area contributed by atoms with Crippen molar-refractivity contribution in [3.05, 3.63) is 65.2 Å². The maximum atomic E-state index is 13.5. The molecular weight excluding hydrogens is 270 g/mol. The van der Waals surface area contributed by atoms with Crippen molar-refractivity contribution in [1.82, 2.24) is 0 Å². The summed E-state index contributed by atoms with van der Waals surface area (Å²) in [6.07, 6.45) is 0.306. The third-order valence-corrected chi connectivity index (χ3v) is 3.30. The molecule has 100 valence electrons. The van der Waals surface area contributed by atoms with Crippen LogP contribution >= 0.6 is 11.6 Å². The molecule has 0 saturated heterocycles. The van der Waals surface area contributed by atoms with E-state index < -0.39 is 11.6 Å². The SMILES string of the molecule is COc1ccc(C(Cl)Cc2ccc(F)cc2F)cc1. The molecule has 0 fully saturated rings. The highest BCUT2D eigenvalue weighted by Crippen LogP contribution is 2.27. The highest BCUT2D eigenvalue weighted by atomic mass is 35.5. The Labute approximate surface area is 115 Å².